The minimum atomic E-state index is -2.72. The van der Waals surface area contributed by atoms with Crippen LogP contribution in [0.25, 0.3) is 0 Å². The van der Waals surface area contributed by atoms with Gasteiger partial charge in [-0.05, 0) is 13.8 Å². The molecule has 6 heteroatoms. The van der Waals surface area contributed by atoms with Crippen molar-refractivity contribution in [3.8, 4) is 0 Å². The first-order chi connectivity index (χ1) is 9.62. The second-order valence-corrected chi connectivity index (χ2v) is 7.57. The van der Waals surface area contributed by atoms with Crippen LogP contribution in [0.1, 0.15) is 47.0 Å². The highest BCUT2D eigenvalue weighted by Gasteiger charge is 2.53. The molecule has 2 atom stereocenters. The third-order valence-corrected chi connectivity index (χ3v) is 6.87. The van der Waals surface area contributed by atoms with Crippen molar-refractivity contribution in [1.82, 2.24) is 0 Å². The summed E-state index contributed by atoms with van der Waals surface area (Å²) in [5.74, 6) is -0.746. The Kier molecular flexibility index (Phi) is 7.64. The van der Waals surface area contributed by atoms with Gasteiger partial charge in [0, 0.05) is 45.8 Å². The average molecular weight is 306 g/mol. The quantitative estimate of drug-likeness (QED) is 0.434. The van der Waals surface area contributed by atoms with E-state index in [-0.39, 0.29) is 6.10 Å². The van der Waals surface area contributed by atoms with Crippen molar-refractivity contribution in [2.45, 2.75) is 64.9 Å². The van der Waals surface area contributed by atoms with E-state index in [0.29, 0.717) is 19.6 Å². The van der Waals surface area contributed by atoms with E-state index >= 15 is 0 Å². The normalized spacial score (nSPS) is 22.4. The number of ether oxygens (including phenoxy) is 2. The minimum Gasteiger partial charge on any atom is -0.374 e. The molecule has 0 bridgehead atoms. The highest BCUT2D eigenvalue weighted by atomic mass is 28.4. The van der Waals surface area contributed by atoms with Crippen LogP contribution in [0, 0.1) is 0 Å². The van der Waals surface area contributed by atoms with E-state index in [1.807, 2.05) is 20.8 Å². The summed E-state index contributed by atoms with van der Waals surface area (Å²) in [4.78, 5) is 0. The minimum absolute atomic E-state index is 0.0258. The lowest BCUT2D eigenvalue weighted by Gasteiger charge is -2.46. The van der Waals surface area contributed by atoms with Crippen molar-refractivity contribution >= 4 is 8.80 Å². The van der Waals surface area contributed by atoms with Crippen molar-refractivity contribution in [3.63, 3.8) is 0 Å². The number of methoxy groups -OCH3 is 1. The van der Waals surface area contributed by atoms with Gasteiger partial charge in [0.25, 0.3) is 0 Å². The lowest BCUT2D eigenvalue weighted by atomic mass is 10.0. The Hall–Kier alpha value is 0.0169. The predicted molar refractivity (Wildman–Crippen MR) is 79.6 cm³/mol. The van der Waals surface area contributed by atoms with Crippen LogP contribution in [0.4, 0.5) is 0 Å². The van der Waals surface area contributed by atoms with E-state index in [1.165, 1.54) is 0 Å². The third-order valence-electron chi connectivity index (χ3n) is 3.64. The first-order valence-corrected chi connectivity index (χ1v) is 9.69. The summed E-state index contributed by atoms with van der Waals surface area (Å²) in [5.41, 5.74) is 0. The van der Waals surface area contributed by atoms with E-state index in [1.54, 1.807) is 7.11 Å². The van der Waals surface area contributed by atoms with Crippen LogP contribution in [0.5, 0.6) is 0 Å². The summed E-state index contributed by atoms with van der Waals surface area (Å²) in [5, 5.41) is 0. The van der Waals surface area contributed by atoms with E-state index in [4.69, 9.17) is 22.8 Å². The standard InChI is InChI=1S/C14H30O5Si/c1-6-12-20(17-8-3,18-9-4)19-14(7-2,15-5)13-10-11-16-13/h13H,6-12H2,1-5H3. The molecule has 1 aliphatic rings. The van der Waals surface area contributed by atoms with Gasteiger partial charge in [0.1, 0.15) is 6.10 Å². The van der Waals surface area contributed by atoms with Gasteiger partial charge < -0.3 is 22.8 Å². The first kappa shape index (κ1) is 18.1. The molecule has 0 N–H and O–H groups in total. The van der Waals surface area contributed by atoms with Gasteiger partial charge in [-0.15, -0.1) is 0 Å². The molecule has 0 aromatic rings. The van der Waals surface area contributed by atoms with Crippen LogP contribution in [0.2, 0.25) is 6.04 Å². The second kappa shape index (κ2) is 8.46. The molecule has 0 radical (unpaired) electrons. The second-order valence-electron chi connectivity index (χ2n) is 4.92. The van der Waals surface area contributed by atoms with Crippen LogP contribution in [0.15, 0.2) is 0 Å². The number of rotatable bonds is 11. The van der Waals surface area contributed by atoms with Crippen molar-refractivity contribution in [2.75, 3.05) is 26.9 Å². The molecule has 1 aliphatic heterocycles. The maximum Gasteiger partial charge on any atom is 0.503 e. The summed E-state index contributed by atoms with van der Waals surface area (Å²) in [6.45, 7) is 10.0. The molecular weight excluding hydrogens is 276 g/mol. The molecule has 20 heavy (non-hydrogen) atoms. The molecule has 0 aliphatic carbocycles. The predicted octanol–water partition coefficient (Wildman–Crippen LogP) is 2.97. The highest BCUT2D eigenvalue weighted by Crippen LogP contribution is 2.36. The van der Waals surface area contributed by atoms with Gasteiger partial charge in [0.05, 0.1) is 0 Å². The number of hydrogen-bond donors (Lipinski definition) is 0. The Bertz CT molecular complexity index is 249. The molecule has 0 saturated carbocycles. The molecule has 1 heterocycles. The zero-order chi connectivity index (χ0) is 15.1. The zero-order valence-electron chi connectivity index (χ0n) is 13.6. The smallest absolute Gasteiger partial charge is 0.374 e. The molecule has 0 amide bonds. The summed E-state index contributed by atoms with van der Waals surface area (Å²) in [6, 6.07) is 0.798. The maximum absolute atomic E-state index is 6.40. The summed E-state index contributed by atoms with van der Waals surface area (Å²) >= 11 is 0. The Labute approximate surface area is 124 Å². The Morgan fingerprint density at radius 1 is 1.15 bits per heavy atom. The van der Waals surface area contributed by atoms with Crippen molar-refractivity contribution in [2.24, 2.45) is 0 Å². The van der Waals surface area contributed by atoms with E-state index in [9.17, 15) is 0 Å². The van der Waals surface area contributed by atoms with E-state index in [2.05, 4.69) is 6.92 Å². The fourth-order valence-electron chi connectivity index (χ4n) is 2.57. The van der Waals surface area contributed by atoms with E-state index < -0.39 is 14.6 Å². The van der Waals surface area contributed by atoms with Gasteiger partial charge in [0.15, 0.2) is 5.79 Å². The van der Waals surface area contributed by atoms with Crippen molar-refractivity contribution in [1.29, 1.82) is 0 Å². The fraction of sp³-hybridized carbons (Fsp3) is 1.00. The Balaban J connectivity index is 2.92. The zero-order valence-corrected chi connectivity index (χ0v) is 14.6. The van der Waals surface area contributed by atoms with Crippen molar-refractivity contribution in [3.05, 3.63) is 0 Å². The van der Waals surface area contributed by atoms with Gasteiger partial charge >= 0.3 is 8.80 Å². The number of hydrogen-bond acceptors (Lipinski definition) is 5. The van der Waals surface area contributed by atoms with Crippen molar-refractivity contribution < 1.29 is 22.8 Å². The molecule has 2 unspecified atom stereocenters. The van der Waals surface area contributed by atoms with Gasteiger partial charge in [-0.3, -0.25) is 0 Å². The first-order valence-electron chi connectivity index (χ1n) is 7.76. The highest BCUT2D eigenvalue weighted by molar-refractivity contribution is 6.60. The molecule has 5 nitrogen and oxygen atoms in total. The SMILES string of the molecule is CCC[Si](OCC)(OCC)OC(CC)(OC)C1CCO1. The van der Waals surface area contributed by atoms with Crippen LogP contribution < -0.4 is 0 Å². The summed E-state index contributed by atoms with van der Waals surface area (Å²) < 4.78 is 29.6. The molecule has 0 spiro atoms. The third kappa shape index (κ3) is 4.02. The molecular formula is C14H30O5Si. The van der Waals surface area contributed by atoms with Crippen LogP contribution in [-0.4, -0.2) is 47.6 Å². The topological polar surface area (TPSA) is 46.2 Å². The molecule has 120 valence electrons. The lowest BCUT2D eigenvalue weighted by molar-refractivity contribution is -0.289. The molecule has 1 fully saturated rings. The van der Waals surface area contributed by atoms with Gasteiger partial charge in [-0.1, -0.05) is 20.3 Å². The Morgan fingerprint density at radius 3 is 2.05 bits per heavy atom. The van der Waals surface area contributed by atoms with Gasteiger partial charge in [-0.2, -0.15) is 0 Å². The molecule has 0 aromatic heterocycles. The Morgan fingerprint density at radius 2 is 1.75 bits per heavy atom. The van der Waals surface area contributed by atoms with Crippen LogP contribution in [0.3, 0.4) is 0 Å². The van der Waals surface area contributed by atoms with Gasteiger partial charge in [-0.25, -0.2) is 0 Å². The van der Waals surface area contributed by atoms with Gasteiger partial charge in [0.2, 0.25) is 0 Å². The van der Waals surface area contributed by atoms with Crippen LogP contribution >= 0.6 is 0 Å². The molecule has 0 aromatic carbocycles. The average Bonchev–Trinajstić information content (AvgIpc) is 2.36. The molecule has 1 rings (SSSR count). The lowest BCUT2D eigenvalue weighted by Crippen LogP contribution is -2.61. The summed E-state index contributed by atoms with van der Waals surface area (Å²) in [6.07, 6.45) is 2.60. The van der Waals surface area contributed by atoms with E-state index in [0.717, 1.165) is 25.5 Å². The summed E-state index contributed by atoms with van der Waals surface area (Å²) in [7, 11) is -1.05. The fourth-order valence-corrected chi connectivity index (χ4v) is 5.54. The monoisotopic (exact) mass is 306 g/mol. The largest absolute Gasteiger partial charge is 0.503 e. The molecule has 1 saturated heterocycles. The maximum atomic E-state index is 6.40. The van der Waals surface area contributed by atoms with Crippen LogP contribution in [-0.2, 0) is 22.8 Å².